The standard InChI is InChI=1S/C91H56B2N4OS3/c1-5-26-56(27-6-1)86(68-40-23-37-65-62-34-13-20-47-83(62)99-89(65)68)57-50-78-88-82(51-57)98-81-46-19-17-42-70(81)93(88)72-54-71-76(55-77(72)97(78)75-45-25-39-67-64-36-15-22-49-85(64)101-91(67)75)95(60-32-11-4-12-33-60)79-52-61(94(58-28-7-2-8-29-58)59-30-9-3-10-31-59)53-80-87(79)92(71)69-41-16-18-43-73(69)96(80)74-44-24-38-66-63-35-14-21-48-84(63)100-90(66)74/h1-55,86H. The summed E-state index contributed by atoms with van der Waals surface area (Å²) >= 11 is 5.67. The minimum atomic E-state index is -0.210. The SMILES string of the molecule is c1ccc(C(c2cc3c4c(c2)N(c2cccc5c2sc2ccccc25)c2cc5c(cc2B4c2ccccc2O3)B2c3ccccc3N(c3cccc4c3sc3ccccc34)c3cc(N(c4ccccc4)c4ccccc4)cc(c32)N5c2ccccc2)c2cccc3c2sc2ccccc23)cc1. The predicted molar refractivity (Wildman–Crippen MR) is 433 cm³/mol. The second-order valence-electron chi connectivity index (χ2n) is 26.9. The van der Waals surface area contributed by atoms with E-state index in [2.05, 4.69) is 353 Å². The number of nitrogens with zero attached hydrogens (tertiary/aromatic N) is 4. The number of fused-ring (bicyclic) bond motifs is 17. The molecule has 22 rings (SSSR count). The summed E-state index contributed by atoms with van der Waals surface area (Å²) in [5.74, 6) is 1.60. The van der Waals surface area contributed by atoms with Gasteiger partial charge in [0.1, 0.15) is 11.5 Å². The lowest BCUT2D eigenvalue weighted by Gasteiger charge is -2.47. The molecule has 0 N–H and O–H groups in total. The van der Waals surface area contributed by atoms with Crippen LogP contribution in [-0.2, 0) is 0 Å². The van der Waals surface area contributed by atoms with E-state index in [0.717, 1.165) is 85.2 Å². The molecule has 10 heteroatoms. The molecule has 0 spiro atoms. The lowest BCUT2D eigenvalue weighted by molar-refractivity contribution is 0.486. The Kier molecular flexibility index (Phi) is 12.6. The van der Waals surface area contributed by atoms with E-state index >= 15 is 0 Å². The summed E-state index contributed by atoms with van der Waals surface area (Å²) in [6.07, 6.45) is 0. The lowest BCUT2D eigenvalue weighted by Crippen LogP contribution is -2.64. The first kappa shape index (κ1) is 57.0. The molecule has 1 unspecified atom stereocenters. The molecule has 4 aliphatic heterocycles. The van der Waals surface area contributed by atoms with Gasteiger partial charge < -0.3 is 24.3 Å². The third kappa shape index (κ3) is 8.50. The van der Waals surface area contributed by atoms with E-state index in [4.69, 9.17) is 4.74 Å². The number of hydrogen-bond acceptors (Lipinski definition) is 8. The molecular weight excluding hydrogens is 1280 g/mol. The van der Waals surface area contributed by atoms with Crippen molar-refractivity contribution < 1.29 is 4.74 Å². The summed E-state index contributed by atoms with van der Waals surface area (Å²) in [6.45, 7) is -0.413. The fourth-order valence-electron chi connectivity index (χ4n) is 17.4. The quantitative estimate of drug-likeness (QED) is 0.106. The molecule has 1 atom stereocenters. The van der Waals surface area contributed by atoms with Crippen LogP contribution >= 0.6 is 34.0 Å². The largest absolute Gasteiger partial charge is 0.458 e. The topological polar surface area (TPSA) is 22.2 Å². The molecular formula is C91H56B2N4OS3. The monoisotopic (exact) mass is 1340 g/mol. The number of rotatable bonds is 9. The second-order valence-corrected chi connectivity index (χ2v) is 30.1. The summed E-state index contributed by atoms with van der Waals surface area (Å²) in [4.78, 5) is 10.3. The normalized spacial score (nSPS) is 13.5. The van der Waals surface area contributed by atoms with Crippen molar-refractivity contribution in [2.75, 3.05) is 19.6 Å². The van der Waals surface area contributed by atoms with Crippen LogP contribution in [0.25, 0.3) is 60.5 Å². The Bertz CT molecular complexity index is 6410. The molecule has 0 radical (unpaired) electrons. The van der Waals surface area contributed by atoms with Crippen molar-refractivity contribution in [1.29, 1.82) is 0 Å². The predicted octanol–water partition coefficient (Wildman–Crippen LogP) is 21.9. The minimum absolute atomic E-state index is 0.155. The van der Waals surface area contributed by atoms with Crippen LogP contribution in [0.4, 0.5) is 68.2 Å². The van der Waals surface area contributed by atoms with Gasteiger partial charge >= 0.3 is 0 Å². The smallest absolute Gasteiger partial charge is 0.256 e. The van der Waals surface area contributed by atoms with Crippen LogP contribution in [0, 0.1) is 0 Å². The van der Waals surface area contributed by atoms with E-state index in [1.807, 2.05) is 34.0 Å². The van der Waals surface area contributed by atoms with Gasteiger partial charge in [-0.15, -0.1) is 34.0 Å². The first-order valence-corrected chi connectivity index (χ1v) is 37.1. The summed E-state index contributed by atoms with van der Waals surface area (Å²) in [5.41, 5.74) is 24.3. The van der Waals surface area contributed by atoms with E-state index in [-0.39, 0.29) is 19.3 Å². The number of para-hydroxylation sites is 5. The van der Waals surface area contributed by atoms with Crippen molar-refractivity contribution in [2.24, 2.45) is 0 Å². The van der Waals surface area contributed by atoms with Gasteiger partial charge in [0, 0.05) is 108 Å². The van der Waals surface area contributed by atoms with Gasteiger partial charge in [0.25, 0.3) is 13.4 Å². The van der Waals surface area contributed by atoms with Gasteiger partial charge in [0.05, 0.1) is 26.5 Å². The number of thiophene rings is 3. The highest BCUT2D eigenvalue weighted by atomic mass is 32.1. The van der Waals surface area contributed by atoms with E-state index in [1.165, 1.54) is 105 Å². The average molecular weight is 1340 g/mol. The summed E-state index contributed by atoms with van der Waals surface area (Å²) in [6, 6.07) is 125. The van der Waals surface area contributed by atoms with Crippen molar-refractivity contribution in [1.82, 2.24) is 0 Å². The zero-order chi connectivity index (χ0) is 66.0. The summed E-state index contributed by atoms with van der Waals surface area (Å²) < 4.78 is 15.2. The van der Waals surface area contributed by atoms with Gasteiger partial charge in [-0.3, -0.25) is 0 Å². The maximum atomic E-state index is 7.56. The third-order valence-electron chi connectivity index (χ3n) is 21.5. The molecule has 0 aliphatic carbocycles. The Balaban J connectivity index is 0.862. The maximum Gasteiger partial charge on any atom is 0.256 e. The third-order valence-corrected chi connectivity index (χ3v) is 25.2. The Morgan fingerprint density at radius 1 is 0.277 bits per heavy atom. The van der Waals surface area contributed by atoms with Crippen LogP contribution in [0.15, 0.2) is 334 Å². The summed E-state index contributed by atoms with van der Waals surface area (Å²) in [7, 11) is 0. The molecule has 0 amide bonds. The van der Waals surface area contributed by atoms with Gasteiger partial charge in [-0.05, 0) is 159 Å². The van der Waals surface area contributed by atoms with E-state index in [0.29, 0.717) is 0 Å². The first-order valence-electron chi connectivity index (χ1n) is 34.6. The highest BCUT2D eigenvalue weighted by molar-refractivity contribution is 7.27. The number of ether oxygens (including phenoxy) is 1. The van der Waals surface area contributed by atoms with Crippen molar-refractivity contribution in [3.8, 4) is 11.5 Å². The van der Waals surface area contributed by atoms with Crippen LogP contribution in [0.1, 0.15) is 22.6 Å². The molecule has 0 saturated heterocycles. The molecule has 4 aliphatic rings. The maximum absolute atomic E-state index is 7.56. The van der Waals surface area contributed by atoms with Gasteiger partial charge in [-0.25, -0.2) is 0 Å². The van der Waals surface area contributed by atoms with E-state index in [1.54, 1.807) is 0 Å². The molecule has 0 bridgehead atoms. The van der Waals surface area contributed by atoms with Crippen molar-refractivity contribution in [3.05, 3.63) is 350 Å². The number of hydrogen-bond donors (Lipinski definition) is 0. The van der Waals surface area contributed by atoms with Gasteiger partial charge in [-0.2, -0.15) is 0 Å². The molecule has 15 aromatic carbocycles. The molecule has 7 heterocycles. The molecule has 5 nitrogen and oxygen atoms in total. The number of benzene rings is 15. The van der Waals surface area contributed by atoms with Crippen LogP contribution in [0.2, 0.25) is 0 Å². The van der Waals surface area contributed by atoms with Gasteiger partial charge in [0.15, 0.2) is 0 Å². The van der Waals surface area contributed by atoms with Crippen LogP contribution in [0.3, 0.4) is 0 Å². The fourth-order valence-corrected chi connectivity index (χ4v) is 21.1. The molecule has 0 saturated carbocycles. The van der Waals surface area contributed by atoms with Gasteiger partial charge in [-0.1, -0.05) is 224 Å². The highest BCUT2D eigenvalue weighted by Crippen LogP contribution is 2.55. The average Bonchev–Trinajstić information content (AvgIpc) is 0.838. The Morgan fingerprint density at radius 3 is 1.37 bits per heavy atom. The Labute approximate surface area is 596 Å². The van der Waals surface area contributed by atoms with E-state index < -0.39 is 0 Å². The van der Waals surface area contributed by atoms with Crippen LogP contribution in [0.5, 0.6) is 11.5 Å². The van der Waals surface area contributed by atoms with Crippen molar-refractivity contribution >= 4 is 209 Å². The minimum Gasteiger partial charge on any atom is -0.458 e. The fraction of sp³-hybridized carbons (Fsp3) is 0.0110. The second kappa shape index (κ2) is 22.3. The molecule has 18 aromatic rings. The van der Waals surface area contributed by atoms with Crippen LogP contribution in [-0.4, -0.2) is 13.4 Å². The molecule has 3 aromatic heterocycles. The Morgan fingerprint density at radius 2 is 0.733 bits per heavy atom. The van der Waals surface area contributed by atoms with E-state index in [9.17, 15) is 0 Å². The van der Waals surface area contributed by atoms with Crippen molar-refractivity contribution in [2.45, 2.75) is 5.92 Å². The Hall–Kier alpha value is -11.9. The lowest BCUT2D eigenvalue weighted by atomic mass is 9.30. The van der Waals surface area contributed by atoms with Crippen molar-refractivity contribution in [3.63, 3.8) is 0 Å². The number of anilines is 12. The molecule has 0 fully saturated rings. The first-order chi connectivity index (χ1) is 50.1. The van der Waals surface area contributed by atoms with Gasteiger partial charge in [0.2, 0.25) is 0 Å². The highest BCUT2D eigenvalue weighted by Gasteiger charge is 2.49. The molecule has 470 valence electrons. The zero-order valence-electron chi connectivity index (χ0n) is 54.4. The zero-order valence-corrected chi connectivity index (χ0v) is 56.9. The molecule has 101 heavy (non-hydrogen) atoms. The van der Waals surface area contributed by atoms with Crippen LogP contribution < -0.4 is 57.1 Å². The summed E-state index contributed by atoms with van der Waals surface area (Å²) in [5, 5.41) is 7.60.